The second kappa shape index (κ2) is 10.3. The number of benzene rings is 1. The minimum Gasteiger partial charge on any atom is -0.490 e. The van der Waals surface area contributed by atoms with Crippen LogP contribution < -0.4 is 20.1 Å². The van der Waals surface area contributed by atoms with Crippen LogP contribution in [0.2, 0.25) is 0 Å². The van der Waals surface area contributed by atoms with E-state index >= 15 is 0 Å². The van der Waals surface area contributed by atoms with Gasteiger partial charge in [-0.1, -0.05) is 6.07 Å². The minimum absolute atomic E-state index is 0.0597. The Morgan fingerprint density at radius 2 is 1.92 bits per heavy atom. The lowest BCUT2D eigenvalue weighted by atomic mass is 10.1. The van der Waals surface area contributed by atoms with Crippen molar-refractivity contribution in [3.8, 4) is 11.5 Å². The number of hydrogen-bond donors (Lipinski definition) is 3. The highest BCUT2D eigenvalue weighted by molar-refractivity contribution is 5.80. The average Bonchev–Trinajstić information content (AvgIpc) is 3.15. The van der Waals surface area contributed by atoms with Crippen LogP contribution in [0.25, 0.3) is 0 Å². The molecule has 1 heterocycles. The summed E-state index contributed by atoms with van der Waals surface area (Å²) < 4.78 is 11.4. The van der Waals surface area contributed by atoms with Crippen LogP contribution in [0.1, 0.15) is 45.0 Å². The van der Waals surface area contributed by atoms with E-state index in [-0.39, 0.29) is 6.04 Å². The van der Waals surface area contributed by atoms with Gasteiger partial charge in [0.1, 0.15) is 0 Å². The molecular formula is C19H29N5O2. The van der Waals surface area contributed by atoms with Crippen LogP contribution in [-0.2, 0) is 6.54 Å². The molecule has 1 unspecified atom stereocenters. The number of guanidine groups is 1. The highest BCUT2D eigenvalue weighted by atomic mass is 16.5. The van der Waals surface area contributed by atoms with Crippen molar-refractivity contribution < 1.29 is 9.47 Å². The molecule has 2 aromatic rings. The maximum Gasteiger partial charge on any atom is 0.192 e. The average molecular weight is 359 g/mol. The monoisotopic (exact) mass is 359 g/mol. The Labute approximate surface area is 155 Å². The van der Waals surface area contributed by atoms with Crippen LogP contribution in [0.3, 0.4) is 0 Å². The molecule has 0 radical (unpaired) electrons. The lowest BCUT2D eigenvalue weighted by Crippen LogP contribution is -2.38. The molecular weight excluding hydrogens is 330 g/mol. The molecule has 0 saturated carbocycles. The molecule has 26 heavy (non-hydrogen) atoms. The minimum atomic E-state index is 0.0597. The summed E-state index contributed by atoms with van der Waals surface area (Å²) in [6.07, 6.45) is 1.73. The zero-order chi connectivity index (χ0) is 18.8. The van der Waals surface area contributed by atoms with E-state index in [0.717, 1.165) is 35.3 Å². The first-order chi connectivity index (χ1) is 12.7. The summed E-state index contributed by atoms with van der Waals surface area (Å²) in [6, 6.07) is 7.99. The van der Waals surface area contributed by atoms with Gasteiger partial charge in [-0.25, -0.2) is 4.99 Å². The van der Waals surface area contributed by atoms with Gasteiger partial charge < -0.3 is 20.1 Å². The van der Waals surface area contributed by atoms with Gasteiger partial charge in [-0.05, 0) is 51.5 Å². The van der Waals surface area contributed by atoms with Gasteiger partial charge in [0.05, 0.1) is 31.5 Å². The van der Waals surface area contributed by atoms with Crippen LogP contribution in [0.5, 0.6) is 11.5 Å². The Bertz CT molecular complexity index is 685. The van der Waals surface area contributed by atoms with E-state index in [1.54, 1.807) is 6.20 Å². The number of aromatic amines is 1. The second-order valence-corrected chi connectivity index (χ2v) is 5.72. The van der Waals surface area contributed by atoms with E-state index in [1.807, 2.05) is 45.0 Å². The third kappa shape index (κ3) is 5.68. The molecule has 142 valence electrons. The van der Waals surface area contributed by atoms with Crippen LogP contribution in [0.15, 0.2) is 35.5 Å². The maximum absolute atomic E-state index is 5.72. The molecule has 0 saturated heterocycles. The molecule has 3 N–H and O–H groups in total. The van der Waals surface area contributed by atoms with E-state index < -0.39 is 0 Å². The number of ether oxygens (including phenoxy) is 2. The first kappa shape index (κ1) is 19.6. The van der Waals surface area contributed by atoms with Gasteiger partial charge in [0, 0.05) is 12.7 Å². The quantitative estimate of drug-likeness (QED) is 0.473. The highest BCUT2D eigenvalue weighted by Gasteiger charge is 2.12. The normalized spacial score (nSPS) is 12.5. The molecule has 2 rings (SSSR count). The molecule has 0 fully saturated rings. The summed E-state index contributed by atoms with van der Waals surface area (Å²) in [5.41, 5.74) is 2.07. The van der Waals surface area contributed by atoms with Gasteiger partial charge in [-0.3, -0.25) is 5.10 Å². The van der Waals surface area contributed by atoms with Gasteiger partial charge in [0.15, 0.2) is 17.5 Å². The van der Waals surface area contributed by atoms with Crippen molar-refractivity contribution in [2.24, 2.45) is 4.99 Å². The molecule has 0 aliphatic rings. The lowest BCUT2D eigenvalue weighted by Gasteiger charge is -2.20. The SMILES string of the molecule is CCNC(=NCc1ccn[nH]1)NC(C)c1ccc(OCC)c(OCC)c1. The topological polar surface area (TPSA) is 83.6 Å². The van der Waals surface area contributed by atoms with E-state index in [1.165, 1.54) is 0 Å². The second-order valence-electron chi connectivity index (χ2n) is 5.72. The molecule has 7 heteroatoms. The van der Waals surface area contributed by atoms with E-state index in [2.05, 4.69) is 32.7 Å². The molecule has 0 aliphatic carbocycles. The van der Waals surface area contributed by atoms with Crippen molar-refractivity contribution in [3.05, 3.63) is 41.7 Å². The first-order valence-electron chi connectivity index (χ1n) is 9.10. The molecule has 0 aliphatic heterocycles. The fraction of sp³-hybridized carbons (Fsp3) is 0.474. The fourth-order valence-corrected chi connectivity index (χ4v) is 2.48. The standard InChI is InChI=1S/C19H29N5O2/c1-5-20-19(21-13-16-10-11-22-24-16)23-14(4)15-8-9-17(25-6-2)18(12-15)26-7-3/h8-12,14H,5-7,13H2,1-4H3,(H,22,24)(H2,20,21,23). The zero-order valence-corrected chi connectivity index (χ0v) is 16.0. The van der Waals surface area contributed by atoms with Crippen molar-refractivity contribution in [1.82, 2.24) is 20.8 Å². The number of aliphatic imine (C=N–C) groups is 1. The van der Waals surface area contributed by atoms with Crippen LogP contribution in [0, 0.1) is 0 Å². The fourth-order valence-electron chi connectivity index (χ4n) is 2.48. The first-order valence-corrected chi connectivity index (χ1v) is 9.10. The lowest BCUT2D eigenvalue weighted by molar-refractivity contribution is 0.287. The molecule has 1 atom stereocenters. The zero-order valence-electron chi connectivity index (χ0n) is 16.0. The predicted molar refractivity (Wildman–Crippen MR) is 104 cm³/mol. The van der Waals surface area contributed by atoms with Gasteiger partial charge in [0.25, 0.3) is 0 Å². The Hall–Kier alpha value is -2.70. The number of nitrogens with one attached hydrogen (secondary N) is 3. The summed E-state index contributed by atoms with van der Waals surface area (Å²) in [6.45, 7) is 10.6. The van der Waals surface area contributed by atoms with Gasteiger partial charge in [0.2, 0.25) is 0 Å². The number of rotatable bonds is 9. The molecule has 0 bridgehead atoms. The predicted octanol–water partition coefficient (Wildman–Crippen LogP) is 3.02. The van der Waals surface area contributed by atoms with Gasteiger partial charge in [-0.15, -0.1) is 0 Å². The molecule has 7 nitrogen and oxygen atoms in total. The summed E-state index contributed by atoms with van der Waals surface area (Å²) in [5.74, 6) is 2.28. The van der Waals surface area contributed by atoms with Crippen molar-refractivity contribution in [1.29, 1.82) is 0 Å². The van der Waals surface area contributed by atoms with Gasteiger partial charge >= 0.3 is 0 Å². The molecule has 1 aromatic heterocycles. The Morgan fingerprint density at radius 3 is 2.58 bits per heavy atom. The smallest absolute Gasteiger partial charge is 0.192 e. The van der Waals surface area contributed by atoms with E-state index in [9.17, 15) is 0 Å². The largest absolute Gasteiger partial charge is 0.490 e. The van der Waals surface area contributed by atoms with Crippen LogP contribution >= 0.6 is 0 Å². The van der Waals surface area contributed by atoms with Crippen molar-refractivity contribution in [2.75, 3.05) is 19.8 Å². The summed E-state index contributed by atoms with van der Waals surface area (Å²) in [5, 5.41) is 13.6. The number of aromatic nitrogens is 2. The summed E-state index contributed by atoms with van der Waals surface area (Å²) in [4.78, 5) is 4.59. The third-order valence-electron chi connectivity index (χ3n) is 3.73. The Balaban J connectivity index is 2.11. The van der Waals surface area contributed by atoms with E-state index in [4.69, 9.17) is 9.47 Å². The van der Waals surface area contributed by atoms with E-state index in [0.29, 0.717) is 19.8 Å². The van der Waals surface area contributed by atoms with Crippen molar-refractivity contribution >= 4 is 5.96 Å². The Kier molecular flexibility index (Phi) is 7.79. The molecule has 0 spiro atoms. The maximum atomic E-state index is 5.72. The molecule has 1 aromatic carbocycles. The number of nitrogens with zero attached hydrogens (tertiary/aromatic N) is 2. The van der Waals surface area contributed by atoms with Crippen molar-refractivity contribution in [3.63, 3.8) is 0 Å². The Morgan fingerprint density at radius 1 is 1.15 bits per heavy atom. The van der Waals surface area contributed by atoms with Gasteiger partial charge in [-0.2, -0.15) is 5.10 Å². The molecule has 0 amide bonds. The van der Waals surface area contributed by atoms with Crippen molar-refractivity contribution in [2.45, 2.75) is 40.3 Å². The summed E-state index contributed by atoms with van der Waals surface area (Å²) in [7, 11) is 0. The highest BCUT2D eigenvalue weighted by Crippen LogP contribution is 2.30. The number of hydrogen-bond acceptors (Lipinski definition) is 4. The summed E-state index contributed by atoms with van der Waals surface area (Å²) >= 11 is 0. The van der Waals surface area contributed by atoms with Crippen LogP contribution in [-0.4, -0.2) is 35.9 Å². The van der Waals surface area contributed by atoms with Crippen LogP contribution in [0.4, 0.5) is 0 Å². The number of H-pyrrole nitrogens is 1. The third-order valence-corrected chi connectivity index (χ3v) is 3.73.